The molecule has 0 atom stereocenters. The largest absolute Gasteiger partial charge is 0.346 e. The van der Waals surface area contributed by atoms with Gasteiger partial charge in [-0.25, -0.2) is 0 Å². The van der Waals surface area contributed by atoms with Crippen LogP contribution in [0.5, 0.6) is 0 Å². The Balaban J connectivity index is 3.41. The number of ether oxygens (including phenoxy) is 2. The first-order chi connectivity index (χ1) is 16.7. The summed E-state index contributed by atoms with van der Waals surface area (Å²) in [5.74, 6) is -0.00197. The summed E-state index contributed by atoms with van der Waals surface area (Å²) in [6, 6.07) is 0. The minimum atomic E-state index is -0.652. The maximum atomic E-state index is 11.8. The van der Waals surface area contributed by atoms with Crippen molar-refractivity contribution in [1.29, 1.82) is 0 Å². The molecule has 0 fully saturated rings. The number of ketones is 1. The summed E-state index contributed by atoms with van der Waals surface area (Å²) in [4.78, 5) is 11.8. The molecule has 0 radical (unpaired) electrons. The van der Waals surface area contributed by atoms with Gasteiger partial charge in [0, 0.05) is 0 Å². The average molecular weight is 483 g/mol. The summed E-state index contributed by atoms with van der Waals surface area (Å²) in [6.07, 6.45) is 31.3. The van der Waals surface area contributed by atoms with E-state index >= 15 is 0 Å². The molecule has 0 aliphatic heterocycles. The average Bonchev–Trinajstić information content (AvgIpc) is 2.83. The molecule has 0 rings (SSSR count). The standard InChI is InChI=1S/C31H62O3/c1-4-6-8-10-12-14-16-18-20-22-24-26-28-33-31(30(3)32)34-29-27-25-23-21-19-17-15-13-11-9-7-5-2/h31H,4-29H2,1-3H3. The maximum Gasteiger partial charge on any atom is 0.217 e. The molecule has 0 heterocycles. The lowest BCUT2D eigenvalue weighted by molar-refractivity contribution is -0.168. The Bertz CT molecular complexity index is 366. The number of rotatable bonds is 29. The van der Waals surface area contributed by atoms with Crippen molar-refractivity contribution in [3.8, 4) is 0 Å². The van der Waals surface area contributed by atoms with E-state index < -0.39 is 6.29 Å². The van der Waals surface area contributed by atoms with Gasteiger partial charge >= 0.3 is 0 Å². The minimum Gasteiger partial charge on any atom is -0.346 e. The molecule has 0 N–H and O–H groups in total. The SMILES string of the molecule is CCCCCCCCCCCCCCOC(OCCCCCCCCCCCCCC)C(C)=O. The van der Waals surface area contributed by atoms with Gasteiger partial charge in [0.05, 0.1) is 13.2 Å². The van der Waals surface area contributed by atoms with E-state index in [0.29, 0.717) is 13.2 Å². The first kappa shape index (κ1) is 33.6. The summed E-state index contributed by atoms with van der Waals surface area (Å²) < 4.78 is 11.5. The number of hydrogen-bond donors (Lipinski definition) is 0. The fourth-order valence-electron chi connectivity index (χ4n) is 4.55. The van der Waals surface area contributed by atoms with Gasteiger partial charge in [-0.15, -0.1) is 0 Å². The third-order valence-electron chi connectivity index (χ3n) is 6.87. The summed E-state index contributed by atoms with van der Waals surface area (Å²) in [5.41, 5.74) is 0. The number of hydrogen-bond acceptors (Lipinski definition) is 3. The van der Waals surface area contributed by atoms with Gasteiger partial charge in [-0.2, -0.15) is 0 Å². The Hall–Kier alpha value is -0.410. The molecule has 204 valence electrons. The van der Waals surface area contributed by atoms with Gasteiger partial charge in [0.25, 0.3) is 0 Å². The van der Waals surface area contributed by atoms with Crippen molar-refractivity contribution in [1.82, 2.24) is 0 Å². The zero-order valence-corrected chi connectivity index (χ0v) is 23.7. The quantitative estimate of drug-likeness (QED) is 0.0785. The molecule has 0 saturated heterocycles. The van der Waals surface area contributed by atoms with Crippen LogP contribution < -0.4 is 0 Å². The molecule has 0 bridgehead atoms. The maximum absolute atomic E-state index is 11.8. The molecule has 0 aliphatic carbocycles. The first-order valence-electron chi connectivity index (χ1n) is 15.5. The Labute approximate surface area is 214 Å². The molecule has 0 amide bonds. The normalized spacial score (nSPS) is 11.5. The lowest BCUT2D eigenvalue weighted by Gasteiger charge is -2.16. The lowest BCUT2D eigenvalue weighted by Crippen LogP contribution is -2.26. The van der Waals surface area contributed by atoms with E-state index in [4.69, 9.17) is 9.47 Å². The number of Topliss-reactive ketones (excluding diaryl/α,β-unsaturated/α-hetero) is 1. The van der Waals surface area contributed by atoms with E-state index in [1.807, 2.05) is 0 Å². The second kappa shape index (κ2) is 28.8. The number of carbonyl (C=O) groups is 1. The molecular formula is C31H62O3. The third kappa shape index (κ3) is 26.2. The highest BCUT2D eigenvalue weighted by Crippen LogP contribution is 2.14. The van der Waals surface area contributed by atoms with Crippen LogP contribution in [-0.4, -0.2) is 25.3 Å². The molecule has 0 spiro atoms. The molecule has 0 aromatic heterocycles. The van der Waals surface area contributed by atoms with Crippen LogP contribution in [0.1, 0.15) is 175 Å². The number of unbranched alkanes of at least 4 members (excludes halogenated alkanes) is 22. The molecule has 0 saturated carbocycles. The van der Waals surface area contributed by atoms with Crippen LogP contribution in [0.2, 0.25) is 0 Å². The van der Waals surface area contributed by atoms with Crippen molar-refractivity contribution in [2.24, 2.45) is 0 Å². The van der Waals surface area contributed by atoms with Gasteiger partial charge in [0.1, 0.15) is 0 Å². The zero-order chi connectivity index (χ0) is 25.0. The fraction of sp³-hybridized carbons (Fsp3) is 0.968. The summed E-state index contributed by atoms with van der Waals surface area (Å²) in [5, 5.41) is 0. The van der Waals surface area contributed by atoms with Crippen molar-refractivity contribution < 1.29 is 14.3 Å². The van der Waals surface area contributed by atoms with Crippen LogP contribution in [0.15, 0.2) is 0 Å². The van der Waals surface area contributed by atoms with Crippen molar-refractivity contribution in [3.05, 3.63) is 0 Å². The molecule has 0 aliphatic rings. The van der Waals surface area contributed by atoms with Gasteiger partial charge in [0.15, 0.2) is 5.78 Å². The van der Waals surface area contributed by atoms with E-state index in [2.05, 4.69) is 13.8 Å². The van der Waals surface area contributed by atoms with Crippen molar-refractivity contribution in [3.63, 3.8) is 0 Å². The number of carbonyl (C=O) groups excluding carboxylic acids is 1. The topological polar surface area (TPSA) is 35.5 Å². The molecule has 34 heavy (non-hydrogen) atoms. The summed E-state index contributed by atoms with van der Waals surface area (Å²) in [6.45, 7) is 7.41. The summed E-state index contributed by atoms with van der Waals surface area (Å²) >= 11 is 0. The lowest BCUT2D eigenvalue weighted by atomic mass is 10.1. The van der Waals surface area contributed by atoms with Crippen LogP contribution in [0.25, 0.3) is 0 Å². The Morgan fingerprint density at radius 3 is 0.912 bits per heavy atom. The molecule has 3 heteroatoms. The Morgan fingerprint density at radius 2 is 0.676 bits per heavy atom. The summed E-state index contributed by atoms with van der Waals surface area (Å²) in [7, 11) is 0. The van der Waals surface area contributed by atoms with E-state index in [1.165, 1.54) is 141 Å². The van der Waals surface area contributed by atoms with E-state index in [0.717, 1.165) is 12.8 Å². The predicted molar refractivity (Wildman–Crippen MR) is 149 cm³/mol. The van der Waals surface area contributed by atoms with Crippen LogP contribution in [0.3, 0.4) is 0 Å². The highest BCUT2D eigenvalue weighted by atomic mass is 16.7. The van der Waals surface area contributed by atoms with Gasteiger partial charge < -0.3 is 9.47 Å². The molecule has 0 unspecified atom stereocenters. The molecule has 0 aromatic rings. The van der Waals surface area contributed by atoms with Crippen molar-refractivity contribution in [2.75, 3.05) is 13.2 Å². The minimum absolute atomic E-state index is 0.00197. The van der Waals surface area contributed by atoms with E-state index in [1.54, 1.807) is 6.92 Å². The van der Waals surface area contributed by atoms with Crippen LogP contribution in [0, 0.1) is 0 Å². The third-order valence-corrected chi connectivity index (χ3v) is 6.87. The van der Waals surface area contributed by atoms with Crippen LogP contribution in [-0.2, 0) is 14.3 Å². The molecule has 0 aromatic carbocycles. The second-order valence-corrected chi connectivity index (χ2v) is 10.5. The van der Waals surface area contributed by atoms with Gasteiger partial charge in [-0.05, 0) is 19.8 Å². The van der Waals surface area contributed by atoms with Crippen LogP contribution in [0.4, 0.5) is 0 Å². The predicted octanol–water partition coefficient (Wildman–Crippen LogP) is 10.3. The van der Waals surface area contributed by atoms with Crippen LogP contribution >= 0.6 is 0 Å². The highest BCUT2D eigenvalue weighted by Gasteiger charge is 2.14. The van der Waals surface area contributed by atoms with Gasteiger partial charge in [-0.3, -0.25) is 4.79 Å². The highest BCUT2D eigenvalue weighted by molar-refractivity contribution is 5.79. The monoisotopic (exact) mass is 482 g/mol. The van der Waals surface area contributed by atoms with E-state index in [9.17, 15) is 4.79 Å². The fourth-order valence-corrected chi connectivity index (χ4v) is 4.55. The van der Waals surface area contributed by atoms with Crippen molar-refractivity contribution in [2.45, 2.75) is 181 Å². The molecule has 3 nitrogen and oxygen atoms in total. The smallest absolute Gasteiger partial charge is 0.217 e. The Morgan fingerprint density at radius 1 is 0.441 bits per heavy atom. The second-order valence-electron chi connectivity index (χ2n) is 10.5. The van der Waals surface area contributed by atoms with E-state index in [-0.39, 0.29) is 5.78 Å². The zero-order valence-electron chi connectivity index (χ0n) is 23.7. The van der Waals surface area contributed by atoms with Gasteiger partial charge in [-0.1, -0.05) is 155 Å². The molecular weight excluding hydrogens is 420 g/mol. The Kier molecular flexibility index (Phi) is 28.5. The van der Waals surface area contributed by atoms with Crippen molar-refractivity contribution >= 4 is 5.78 Å². The first-order valence-corrected chi connectivity index (χ1v) is 15.5. The van der Waals surface area contributed by atoms with Gasteiger partial charge in [0.2, 0.25) is 6.29 Å².